The van der Waals surface area contributed by atoms with Gasteiger partial charge in [0.25, 0.3) is 0 Å². The second kappa shape index (κ2) is 8.50. The van der Waals surface area contributed by atoms with Crippen LogP contribution in [0.25, 0.3) is 0 Å². The topological polar surface area (TPSA) is 18.8 Å². The number of nitrogens with zero attached hydrogens (tertiary/aromatic N) is 3. The first kappa shape index (κ1) is 18.0. The molecule has 3 rings (SSSR count). The van der Waals surface area contributed by atoms with Gasteiger partial charge in [0.15, 0.2) is 0 Å². The van der Waals surface area contributed by atoms with Crippen LogP contribution < -0.4 is 0 Å². The predicted molar refractivity (Wildman–Crippen MR) is 106 cm³/mol. The Morgan fingerprint density at radius 3 is 2.20 bits per heavy atom. The van der Waals surface area contributed by atoms with E-state index in [0.717, 1.165) is 43.3 Å². The highest BCUT2D eigenvalue weighted by molar-refractivity contribution is 6.30. The molecule has 132 valence electrons. The van der Waals surface area contributed by atoms with Crippen LogP contribution in [0.5, 0.6) is 0 Å². The minimum atomic E-state index is 0.569. The Morgan fingerprint density at radius 1 is 0.960 bits per heavy atom. The van der Waals surface area contributed by atoms with Crippen LogP contribution in [0, 0.1) is 0 Å². The van der Waals surface area contributed by atoms with E-state index in [-0.39, 0.29) is 0 Å². The molecule has 0 unspecified atom stereocenters. The van der Waals surface area contributed by atoms with E-state index in [0.29, 0.717) is 5.92 Å². The van der Waals surface area contributed by atoms with Crippen LogP contribution in [0.3, 0.4) is 0 Å². The zero-order chi connectivity index (χ0) is 17.6. The van der Waals surface area contributed by atoms with E-state index < -0.39 is 0 Å². The third-order valence-corrected chi connectivity index (χ3v) is 4.89. The van der Waals surface area contributed by atoms with Crippen molar-refractivity contribution in [1.29, 1.82) is 0 Å². The summed E-state index contributed by atoms with van der Waals surface area (Å²) in [6, 6.07) is 16.8. The average Bonchev–Trinajstić information content (AvgIpc) is 2.63. The Balaban J connectivity index is 1.47. The average molecular weight is 356 g/mol. The summed E-state index contributed by atoms with van der Waals surface area (Å²) in [4.78, 5) is 2.46. The molecule has 0 N–H and O–H groups in total. The first-order valence-corrected chi connectivity index (χ1v) is 9.33. The van der Waals surface area contributed by atoms with Crippen molar-refractivity contribution < 1.29 is 0 Å². The molecule has 0 spiro atoms. The van der Waals surface area contributed by atoms with Crippen molar-refractivity contribution in [3.05, 3.63) is 70.2 Å². The van der Waals surface area contributed by atoms with Crippen molar-refractivity contribution in [3.63, 3.8) is 0 Å². The highest BCUT2D eigenvalue weighted by atomic mass is 35.5. The number of hydrazone groups is 1. The summed E-state index contributed by atoms with van der Waals surface area (Å²) in [5, 5.41) is 7.60. The van der Waals surface area contributed by atoms with Gasteiger partial charge < -0.3 is 0 Å². The SMILES string of the molecule is CC(C)c1ccc(/C=N\N2CCN(Cc3ccc(Cl)cc3)CC2)cc1. The Hall–Kier alpha value is -1.84. The standard InChI is InChI=1S/C21H26ClN3/c1-17(2)20-7-3-18(4-8-20)15-23-25-13-11-24(12-14-25)16-19-5-9-21(22)10-6-19/h3-10,15,17H,11-14,16H2,1-2H3/b23-15-. The molecule has 0 saturated carbocycles. The van der Waals surface area contributed by atoms with Crippen molar-refractivity contribution in [2.45, 2.75) is 26.3 Å². The molecule has 2 aromatic rings. The van der Waals surface area contributed by atoms with E-state index >= 15 is 0 Å². The molecule has 0 bridgehead atoms. The van der Waals surface area contributed by atoms with Crippen LogP contribution in [0.2, 0.25) is 5.02 Å². The van der Waals surface area contributed by atoms with Crippen molar-refractivity contribution in [1.82, 2.24) is 9.91 Å². The van der Waals surface area contributed by atoms with Gasteiger partial charge in [0.1, 0.15) is 0 Å². The Bertz CT molecular complexity index is 684. The largest absolute Gasteiger partial charge is 0.295 e. The molecular weight excluding hydrogens is 330 g/mol. The lowest BCUT2D eigenvalue weighted by molar-refractivity contribution is 0.131. The van der Waals surface area contributed by atoms with Crippen LogP contribution in [-0.2, 0) is 6.54 Å². The molecule has 1 saturated heterocycles. The van der Waals surface area contributed by atoms with E-state index in [9.17, 15) is 0 Å². The van der Waals surface area contributed by atoms with Crippen molar-refractivity contribution in [3.8, 4) is 0 Å². The van der Waals surface area contributed by atoms with Gasteiger partial charge in [-0.15, -0.1) is 0 Å². The quantitative estimate of drug-likeness (QED) is 0.729. The summed E-state index contributed by atoms with van der Waals surface area (Å²) in [5.41, 5.74) is 3.84. The van der Waals surface area contributed by atoms with Gasteiger partial charge in [0.2, 0.25) is 0 Å². The minimum Gasteiger partial charge on any atom is -0.295 e. The maximum Gasteiger partial charge on any atom is 0.0542 e. The second-order valence-electron chi connectivity index (χ2n) is 6.92. The van der Waals surface area contributed by atoms with E-state index in [1.54, 1.807) is 0 Å². The van der Waals surface area contributed by atoms with Gasteiger partial charge in [-0.2, -0.15) is 5.10 Å². The summed E-state index contributed by atoms with van der Waals surface area (Å²) in [6.07, 6.45) is 1.97. The number of rotatable bonds is 5. The summed E-state index contributed by atoms with van der Waals surface area (Å²) in [6.45, 7) is 9.41. The third-order valence-electron chi connectivity index (χ3n) is 4.64. The van der Waals surface area contributed by atoms with Gasteiger partial charge in [0.05, 0.1) is 6.21 Å². The molecular formula is C21H26ClN3. The minimum absolute atomic E-state index is 0.569. The number of piperazine rings is 1. The van der Waals surface area contributed by atoms with E-state index in [4.69, 9.17) is 11.6 Å². The first-order valence-electron chi connectivity index (χ1n) is 8.96. The zero-order valence-corrected chi connectivity index (χ0v) is 15.8. The Morgan fingerprint density at radius 2 is 1.60 bits per heavy atom. The molecule has 0 aromatic heterocycles. The van der Waals surface area contributed by atoms with Crippen LogP contribution in [0.15, 0.2) is 53.6 Å². The fourth-order valence-electron chi connectivity index (χ4n) is 2.97. The molecule has 1 aliphatic rings. The molecule has 25 heavy (non-hydrogen) atoms. The molecule has 1 fully saturated rings. The highest BCUT2D eigenvalue weighted by Gasteiger charge is 2.15. The zero-order valence-electron chi connectivity index (χ0n) is 15.0. The molecule has 0 atom stereocenters. The van der Waals surface area contributed by atoms with Crippen molar-refractivity contribution in [2.24, 2.45) is 5.10 Å². The Kier molecular flexibility index (Phi) is 6.11. The molecule has 4 heteroatoms. The molecule has 0 radical (unpaired) electrons. The van der Waals surface area contributed by atoms with Crippen LogP contribution >= 0.6 is 11.6 Å². The Labute approximate surface area is 155 Å². The normalized spacial score (nSPS) is 16.1. The summed E-state index contributed by atoms with van der Waals surface area (Å²) in [5.74, 6) is 0.569. The summed E-state index contributed by atoms with van der Waals surface area (Å²) in [7, 11) is 0. The fraction of sp³-hybridized carbons (Fsp3) is 0.381. The summed E-state index contributed by atoms with van der Waals surface area (Å²) >= 11 is 5.95. The van der Waals surface area contributed by atoms with Gasteiger partial charge in [-0.05, 0) is 34.7 Å². The maximum absolute atomic E-state index is 5.95. The number of hydrogen-bond donors (Lipinski definition) is 0. The highest BCUT2D eigenvalue weighted by Crippen LogP contribution is 2.15. The van der Waals surface area contributed by atoms with Crippen molar-refractivity contribution >= 4 is 17.8 Å². The van der Waals surface area contributed by atoms with Gasteiger partial charge in [-0.3, -0.25) is 9.91 Å². The molecule has 0 amide bonds. The number of hydrogen-bond acceptors (Lipinski definition) is 3. The maximum atomic E-state index is 5.95. The number of benzene rings is 2. The van der Waals surface area contributed by atoms with E-state index in [2.05, 4.69) is 65.3 Å². The lowest BCUT2D eigenvalue weighted by atomic mass is 10.0. The lowest BCUT2D eigenvalue weighted by Gasteiger charge is -2.33. The van der Waals surface area contributed by atoms with Crippen LogP contribution in [0.1, 0.15) is 36.5 Å². The van der Waals surface area contributed by atoms with Crippen molar-refractivity contribution in [2.75, 3.05) is 26.2 Å². The van der Waals surface area contributed by atoms with Crippen LogP contribution in [0.4, 0.5) is 0 Å². The molecule has 3 nitrogen and oxygen atoms in total. The second-order valence-corrected chi connectivity index (χ2v) is 7.36. The molecule has 1 aliphatic heterocycles. The van der Waals surface area contributed by atoms with Gasteiger partial charge in [0, 0.05) is 37.7 Å². The molecule has 1 heterocycles. The van der Waals surface area contributed by atoms with Gasteiger partial charge in [-0.1, -0.05) is 61.8 Å². The number of halogens is 1. The van der Waals surface area contributed by atoms with Gasteiger partial charge in [-0.25, -0.2) is 0 Å². The van der Waals surface area contributed by atoms with Gasteiger partial charge >= 0.3 is 0 Å². The van der Waals surface area contributed by atoms with E-state index in [1.807, 2.05) is 18.3 Å². The van der Waals surface area contributed by atoms with E-state index in [1.165, 1.54) is 11.1 Å². The summed E-state index contributed by atoms with van der Waals surface area (Å²) < 4.78 is 0. The molecule has 0 aliphatic carbocycles. The van der Waals surface area contributed by atoms with Crippen LogP contribution in [-0.4, -0.2) is 42.3 Å². The lowest BCUT2D eigenvalue weighted by Crippen LogP contribution is -2.43. The third kappa shape index (κ3) is 5.32. The molecule has 2 aromatic carbocycles. The fourth-order valence-corrected chi connectivity index (χ4v) is 3.10. The monoisotopic (exact) mass is 355 g/mol. The first-order chi connectivity index (χ1) is 12.1. The predicted octanol–water partition coefficient (Wildman–Crippen LogP) is 4.62. The smallest absolute Gasteiger partial charge is 0.0542 e.